The van der Waals surface area contributed by atoms with Crippen LogP contribution in [0.5, 0.6) is 0 Å². The van der Waals surface area contributed by atoms with Crippen LogP contribution in [0.1, 0.15) is 91.0 Å². The standard InChI is InChI=1S/C27H37N5O2/c1-18(2)29-27(34)30-14-11-22(12-15-30)32-25(20-8-9-20)24(16-28-32)26(33)31-13-10-21(17-31)23-7-5-4-6-19(23)3/h4-7,16,18,20-22H,8-15,17H2,1-3H3,(H,29,34)/t21-/m1/s1. The van der Waals surface area contributed by atoms with E-state index < -0.39 is 0 Å². The minimum absolute atomic E-state index is 0.0180. The first kappa shape index (κ1) is 22.9. The Morgan fingerprint density at radius 3 is 2.35 bits per heavy atom. The molecule has 1 aromatic carbocycles. The van der Waals surface area contributed by atoms with Crippen LogP contribution in [0, 0.1) is 6.92 Å². The van der Waals surface area contributed by atoms with Crippen molar-refractivity contribution in [2.45, 2.75) is 76.8 Å². The van der Waals surface area contributed by atoms with E-state index in [1.165, 1.54) is 11.1 Å². The molecule has 0 radical (unpaired) electrons. The average Bonchev–Trinajstić information content (AvgIpc) is 3.37. The molecule has 182 valence electrons. The van der Waals surface area contributed by atoms with Gasteiger partial charge in [-0.3, -0.25) is 9.48 Å². The Balaban J connectivity index is 1.28. The summed E-state index contributed by atoms with van der Waals surface area (Å²) in [6.45, 7) is 9.16. The monoisotopic (exact) mass is 463 g/mol. The van der Waals surface area contributed by atoms with Crippen LogP contribution in [-0.4, -0.2) is 63.7 Å². The van der Waals surface area contributed by atoms with Gasteiger partial charge in [-0.2, -0.15) is 5.10 Å². The smallest absolute Gasteiger partial charge is 0.317 e. The van der Waals surface area contributed by atoms with Crippen molar-refractivity contribution in [2.75, 3.05) is 26.2 Å². The Morgan fingerprint density at radius 1 is 0.971 bits per heavy atom. The van der Waals surface area contributed by atoms with Crippen molar-refractivity contribution in [1.29, 1.82) is 0 Å². The summed E-state index contributed by atoms with van der Waals surface area (Å²) in [4.78, 5) is 29.9. The van der Waals surface area contributed by atoms with Gasteiger partial charge in [0.1, 0.15) is 0 Å². The number of hydrogen-bond donors (Lipinski definition) is 1. The van der Waals surface area contributed by atoms with Crippen LogP contribution in [-0.2, 0) is 0 Å². The molecule has 0 unspecified atom stereocenters. The zero-order valence-corrected chi connectivity index (χ0v) is 20.7. The molecule has 3 aliphatic rings. The maximum atomic E-state index is 13.6. The number of nitrogens with one attached hydrogen (secondary N) is 1. The first-order valence-electron chi connectivity index (χ1n) is 12.9. The molecule has 1 saturated carbocycles. The second kappa shape index (κ2) is 9.43. The van der Waals surface area contributed by atoms with Crippen LogP contribution >= 0.6 is 0 Å². The summed E-state index contributed by atoms with van der Waals surface area (Å²) in [5.41, 5.74) is 4.60. The van der Waals surface area contributed by atoms with Crippen LogP contribution in [0.4, 0.5) is 4.79 Å². The Morgan fingerprint density at radius 2 is 1.68 bits per heavy atom. The maximum Gasteiger partial charge on any atom is 0.317 e. The molecule has 34 heavy (non-hydrogen) atoms. The molecule has 3 fully saturated rings. The number of aromatic nitrogens is 2. The number of nitrogens with zero attached hydrogens (tertiary/aromatic N) is 4. The highest BCUT2D eigenvalue weighted by Crippen LogP contribution is 2.44. The molecule has 0 spiro atoms. The second-order valence-corrected chi connectivity index (χ2v) is 10.6. The quantitative estimate of drug-likeness (QED) is 0.712. The lowest BCUT2D eigenvalue weighted by Crippen LogP contribution is -2.46. The lowest BCUT2D eigenvalue weighted by Gasteiger charge is -2.33. The van der Waals surface area contributed by atoms with Crippen LogP contribution in [0.25, 0.3) is 0 Å². The number of likely N-dealkylation sites (tertiary alicyclic amines) is 2. The van der Waals surface area contributed by atoms with Gasteiger partial charge in [-0.25, -0.2) is 4.79 Å². The van der Waals surface area contributed by atoms with Gasteiger partial charge in [0.15, 0.2) is 0 Å². The number of rotatable bonds is 5. The molecule has 0 bridgehead atoms. The number of hydrogen-bond acceptors (Lipinski definition) is 3. The van der Waals surface area contributed by atoms with Gasteiger partial charge in [0, 0.05) is 44.1 Å². The fraction of sp³-hybridized carbons (Fsp3) is 0.593. The van der Waals surface area contributed by atoms with Crippen LogP contribution in [0.15, 0.2) is 30.5 Å². The molecule has 2 saturated heterocycles. The van der Waals surface area contributed by atoms with Crippen molar-refractivity contribution in [3.05, 3.63) is 52.8 Å². The van der Waals surface area contributed by atoms with E-state index in [0.29, 0.717) is 11.8 Å². The Kier molecular flexibility index (Phi) is 6.36. The molecule has 1 aromatic heterocycles. The topological polar surface area (TPSA) is 70.5 Å². The van der Waals surface area contributed by atoms with Gasteiger partial charge in [0.05, 0.1) is 23.5 Å². The highest BCUT2D eigenvalue weighted by atomic mass is 16.2. The summed E-state index contributed by atoms with van der Waals surface area (Å²) >= 11 is 0. The Hall–Kier alpha value is -2.83. The zero-order chi connectivity index (χ0) is 23.8. The zero-order valence-electron chi connectivity index (χ0n) is 20.7. The predicted molar refractivity (Wildman–Crippen MR) is 132 cm³/mol. The first-order valence-corrected chi connectivity index (χ1v) is 12.9. The highest BCUT2D eigenvalue weighted by Gasteiger charge is 2.38. The van der Waals surface area contributed by atoms with Gasteiger partial charge in [-0.05, 0) is 64.0 Å². The first-order chi connectivity index (χ1) is 16.4. The minimum atomic E-state index is 0.0180. The number of piperidine rings is 1. The minimum Gasteiger partial charge on any atom is -0.338 e. The van der Waals surface area contributed by atoms with Crippen molar-refractivity contribution in [1.82, 2.24) is 24.9 Å². The number of benzene rings is 1. The maximum absolute atomic E-state index is 13.6. The third-order valence-corrected chi connectivity index (χ3v) is 7.64. The second-order valence-electron chi connectivity index (χ2n) is 10.6. The third-order valence-electron chi connectivity index (χ3n) is 7.64. The fourth-order valence-corrected chi connectivity index (χ4v) is 5.66. The third kappa shape index (κ3) is 4.57. The van der Waals surface area contributed by atoms with Crippen LogP contribution in [0.3, 0.4) is 0 Å². The van der Waals surface area contributed by atoms with E-state index in [1.807, 2.05) is 29.8 Å². The molecule has 5 rings (SSSR count). The van der Waals surface area contributed by atoms with E-state index in [4.69, 9.17) is 5.10 Å². The van der Waals surface area contributed by atoms with Crippen molar-refractivity contribution < 1.29 is 9.59 Å². The van der Waals surface area contributed by atoms with Gasteiger partial charge < -0.3 is 15.1 Å². The largest absolute Gasteiger partial charge is 0.338 e. The summed E-state index contributed by atoms with van der Waals surface area (Å²) in [6.07, 6.45) is 6.84. The van der Waals surface area contributed by atoms with E-state index in [-0.39, 0.29) is 24.0 Å². The molecular formula is C27H37N5O2. The summed E-state index contributed by atoms with van der Waals surface area (Å²) in [5.74, 6) is 0.988. The van der Waals surface area contributed by atoms with Crippen molar-refractivity contribution >= 4 is 11.9 Å². The SMILES string of the molecule is Cc1ccccc1[C@@H]1CCN(C(=O)c2cnn(C3CCN(C(=O)NC(C)C)CC3)c2C2CC2)C1. The van der Waals surface area contributed by atoms with E-state index >= 15 is 0 Å². The van der Waals surface area contributed by atoms with Crippen molar-refractivity contribution in [3.63, 3.8) is 0 Å². The molecular weight excluding hydrogens is 426 g/mol. The van der Waals surface area contributed by atoms with E-state index in [0.717, 1.165) is 69.5 Å². The summed E-state index contributed by atoms with van der Waals surface area (Å²) in [5, 5.41) is 7.74. The van der Waals surface area contributed by atoms with Crippen molar-refractivity contribution in [3.8, 4) is 0 Å². The molecule has 1 aliphatic carbocycles. The highest BCUT2D eigenvalue weighted by molar-refractivity contribution is 5.95. The molecule has 7 heteroatoms. The van der Waals surface area contributed by atoms with Gasteiger partial charge in [0.25, 0.3) is 5.91 Å². The molecule has 2 aliphatic heterocycles. The molecule has 3 heterocycles. The van der Waals surface area contributed by atoms with Gasteiger partial charge in [0.2, 0.25) is 0 Å². The lowest BCUT2D eigenvalue weighted by atomic mass is 9.94. The number of aryl methyl sites for hydroxylation is 1. The summed E-state index contributed by atoms with van der Waals surface area (Å²) in [7, 11) is 0. The molecule has 3 amide bonds. The van der Waals surface area contributed by atoms with Gasteiger partial charge in [-0.15, -0.1) is 0 Å². The van der Waals surface area contributed by atoms with Gasteiger partial charge >= 0.3 is 6.03 Å². The van der Waals surface area contributed by atoms with E-state index in [1.54, 1.807) is 0 Å². The number of carbonyl (C=O) groups is 2. The average molecular weight is 464 g/mol. The normalized spacial score (nSPS) is 21.4. The Bertz CT molecular complexity index is 1050. The molecule has 1 N–H and O–H groups in total. The molecule has 1 atom stereocenters. The number of amides is 3. The van der Waals surface area contributed by atoms with Crippen LogP contribution < -0.4 is 5.32 Å². The summed E-state index contributed by atoms with van der Waals surface area (Å²) in [6, 6.07) is 8.95. The fourth-order valence-electron chi connectivity index (χ4n) is 5.66. The van der Waals surface area contributed by atoms with Crippen LogP contribution in [0.2, 0.25) is 0 Å². The van der Waals surface area contributed by atoms with E-state index in [9.17, 15) is 9.59 Å². The van der Waals surface area contributed by atoms with E-state index in [2.05, 4.69) is 41.2 Å². The molecule has 7 nitrogen and oxygen atoms in total. The van der Waals surface area contributed by atoms with Crippen molar-refractivity contribution in [2.24, 2.45) is 0 Å². The lowest BCUT2D eigenvalue weighted by molar-refractivity contribution is 0.0789. The number of urea groups is 1. The van der Waals surface area contributed by atoms with Gasteiger partial charge in [-0.1, -0.05) is 24.3 Å². The Labute approximate surface area is 202 Å². The molecule has 2 aromatic rings. The summed E-state index contributed by atoms with van der Waals surface area (Å²) < 4.78 is 2.14. The number of carbonyl (C=O) groups excluding carboxylic acids is 2. The predicted octanol–water partition coefficient (Wildman–Crippen LogP) is 4.45.